The topological polar surface area (TPSA) is 37.2 Å². The van der Waals surface area contributed by atoms with Crippen molar-refractivity contribution in [3.05, 3.63) is 96.2 Å². The second-order valence-electron chi connectivity index (χ2n) is 7.07. The van der Waals surface area contributed by atoms with E-state index in [4.69, 9.17) is 0 Å². The average Bonchev–Trinajstić information content (AvgIpc) is 3.08. The van der Waals surface area contributed by atoms with E-state index in [1.54, 1.807) is 37.4 Å². The largest absolute Gasteiger partial charge is 0.389 e. The molecule has 0 fully saturated rings. The van der Waals surface area contributed by atoms with E-state index >= 15 is 0 Å². The molecule has 148 valence electrons. The normalized spacial score (nSPS) is 13.5. The van der Waals surface area contributed by atoms with Crippen LogP contribution in [0.4, 0.5) is 8.78 Å². The number of rotatable bonds is 6. The lowest BCUT2D eigenvalue weighted by Gasteiger charge is -2.26. The summed E-state index contributed by atoms with van der Waals surface area (Å²) in [5.74, 6) is -0.677. The Bertz CT molecular complexity index is 1140. The summed E-state index contributed by atoms with van der Waals surface area (Å²) < 4.78 is 30.4. The van der Waals surface area contributed by atoms with Gasteiger partial charge in [0.1, 0.15) is 11.6 Å². The first-order chi connectivity index (χ1) is 14.1. The van der Waals surface area contributed by atoms with E-state index in [9.17, 15) is 13.9 Å². The number of hydrogen-bond donors (Lipinski definition) is 2. The Morgan fingerprint density at radius 2 is 1.69 bits per heavy atom. The summed E-state index contributed by atoms with van der Waals surface area (Å²) >= 11 is 0. The Hall–Kier alpha value is -3.02. The summed E-state index contributed by atoms with van der Waals surface area (Å²) in [4.78, 5) is 0. The molecule has 0 saturated carbocycles. The molecule has 0 bridgehead atoms. The first kappa shape index (κ1) is 19.3. The molecule has 3 nitrogen and oxygen atoms in total. The van der Waals surface area contributed by atoms with Gasteiger partial charge in [-0.2, -0.15) is 0 Å². The van der Waals surface area contributed by atoms with Gasteiger partial charge in [-0.05, 0) is 36.9 Å². The zero-order chi connectivity index (χ0) is 20.4. The SMILES string of the molecule is CNCC(O)C(c1cccc(F)c1)n1cc(-c2ccccc2F)c2ccccc21. The van der Waals surface area contributed by atoms with Crippen LogP contribution < -0.4 is 5.32 Å². The third-order valence-corrected chi connectivity index (χ3v) is 5.17. The molecule has 1 aromatic heterocycles. The van der Waals surface area contributed by atoms with Crippen LogP contribution in [-0.4, -0.2) is 29.4 Å². The van der Waals surface area contributed by atoms with Gasteiger partial charge in [0.25, 0.3) is 0 Å². The molecule has 1 heterocycles. The molecule has 3 aromatic carbocycles. The molecule has 5 heteroatoms. The summed E-state index contributed by atoms with van der Waals surface area (Å²) in [5, 5.41) is 14.8. The number of likely N-dealkylation sites (N-methyl/N-ethyl adjacent to an activating group) is 1. The number of halogens is 2. The highest BCUT2D eigenvalue weighted by Gasteiger charge is 2.26. The molecule has 0 aliphatic heterocycles. The van der Waals surface area contributed by atoms with E-state index < -0.39 is 12.1 Å². The lowest BCUT2D eigenvalue weighted by atomic mass is 10.0. The smallest absolute Gasteiger partial charge is 0.131 e. The standard InChI is InChI=1S/C24H22F2N2O/c1-27-14-23(29)24(16-7-6-8-17(25)13-16)28-15-20(18-9-2-4-11-21(18)26)19-10-3-5-12-22(19)28/h2-13,15,23-24,27,29H,14H2,1H3. The highest BCUT2D eigenvalue weighted by Crippen LogP contribution is 2.36. The molecule has 0 aliphatic carbocycles. The van der Waals surface area contributed by atoms with Gasteiger partial charge in [-0.15, -0.1) is 0 Å². The average molecular weight is 392 g/mol. The van der Waals surface area contributed by atoms with Crippen LogP contribution in [0.15, 0.2) is 79.0 Å². The maximum atomic E-state index is 14.6. The number of benzene rings is 3. The number of aliphatic hydroxyl groups is 1. The quantitative estimate of drug-likeness (QED) is 0.497. The predicted molar refractivity (Wildman–Crippen MR) is 112 cm³/mol. The van der Waals surface area contributed by atoms with E-state index in [1.165, 1.54) is 18.2 Å². The lowest BCUT2D eigenvalue weighted by Crippen LogP contribution is -2.33. The van der Waals surface area contributed by atoms with Crippen LogP contribution in [0.3, 0.4) is 0 Å². The number of aliphatic hydroxyl groups excluding tert-OH is 1. The molecule has 2 unspecified atom stereocenters. The summed E-state index contributed by atoms with van der Waals surface area (Å²) in [6.07, 6.45) is 1.03. The first-order valence-corrected chi connectivity index (χ1v) is 9.52. The minimum Gasteiger partial charge on any atom is -0.389 e. The number of fused-ring (bicyclic) bond motifs is 1. The maximum absolute atomic E-state index is 14.6. The van der Waals surface area contributed by atoms with Crippen molar-refractivity contribution in [2.45, 2.75) is 12.1 Å². The first-order valence-electron chi connectivity index (χ1n) is 9.52. The third-order valence-electron chi connectivity index (χ3n) is 5.17. The Morgan fingerprint density at radius 3 is 2.45 bits per heavy atom. The van der Waals surface area contributed by atoms with Gasteiger partial charge in [-0.3, -0.25) is 0 Å². The number of nitrogens with one attached hydrogen (secondary N) is 1. The number of nitrogens with zero attached hydrogens (tertiary/aromatic N) is 1. The van der Waals surface area contributed by atoms with Crippen LogP contribution in [0.25, 0.3) is 22.0 Å². The second-order valence-corrected chi connectivity index (χ2v) is 7.07. The van der Waals surface area contributed by atoms with E-state index in [-0.39, 0.29) is 11.6 Å². The molecular weight excluding hydrogens is 370 g/mol. The van der Waals surface area contributed by atoms with Crippen LogP contribution in [0.5, 0.6) is 0 Å². The van der Waals surface area contributed by atoms with Crippen LogP contribution in [0.2, 0.25) is 0 Å². The van der Waals surface area contributed by atoms with Gasteiger partial charge in [-0.1, -0.05) is 48.5 Å². The number of aromatic nitrogens is 1. The van der Waals surface area contributed by atoms with Crippen molar-refractivity contribution in [2.75, 3.05) is 13.6 Å². The van der Waals surface area contributed by atoms with Crippen molar-refractivity contribution < 1.29 is 13.9 Å². The summed E-state index contributed by atoms with van der Waals surface area (Å²) in [6.45, 7) is 0.322. The summed E-state index contributed by atoms with van der Waals surface area (Å²) in [7, 11) is 1.75. The number of hydrogen-bond acceptors (Lipinski definition) is 2. The molecule has 0 saturated heterocycles. The molecule has 29 heavy (non-hydrogen) atoms. The van der Waals surface area contributed by atoms with E-state index in [2.05, 4.69) is 5.32 Å². The van der Waals surface area contributed by atoms with Gasteiger partial charge in [0.05, 0.1) is 12.1 Å². The highest BCUT2D eigenvalue weighted by atomic mass is 19.1. The Balaban J connectivity index is 1.96. The van der Waals surface area contributed by atoms with Crippen molar-refractivity contribution in [1.82, 2.24) is 9.88 Å². The van der Waals surface area contributed by atoms with E-state index in [1.807, 2.05) is 35.0 Å². The zero-order valence-electron chi connectivity index (χ0n) is 16.0. The van der Waals surface area contributed by atoms with Gasteiger partial charge >= 0.3 is 0 Å². The van der Waals surface area contributed by atoms with E-state index in [0.717, 1.165) is 16.5 Å². The van der Waals surface area contributed by atoms with Crippen molar-refractivity contribution in [3.63, 3.8) is 0 Å². The molecule has 0 radical (unpaired) electrons. The Labute approximate surface area is 168 Å². The molecule has 0 aliphatic rings. The van der Waals surface area contributed by atoms with Gasteiger partial charge in [0.2, 0.25) is 0 Å². The van der Waals surface area contributed by atoms with Crippen LogP contribution in [0, 0.1) is 11.6 Å². The van der Waals surface area contributed by atoms with Gasteiger partial charge in [-0.25, -0.2) is 8.78 Å². The Morgan fingerprint density at radius 1 is 0.931 bits per heavy atom. The van der Waals surface area contributed by atoms with Gasteiger partial charge in [0.15, 0.2) is 0 Å². The lowest BCUT2D eigenvalue weighted by molar-refractivity contribution is 0.132. The van der Waals surface area contributed by atoms with E-state index in [0.29, 0.717) is 17.7 Å². The van der Waals surface area contributed by atoms with Gasteiger partial charge in [0, 0.05) is 34.8 Å². The molecule has 0 amide bonds. The number of para-hydroxylation sites is 1. The fourth-order valence-electron chi connectivity index (χ4n) is 3.91. The molecule has 2 N–H and O–H groups in total. The minimum absolute atomic E-state index is 0.312. The Kier molecular flexibility index (Phi) is 5.43. The monoisotopic (exact) mass is 392 g/mol. The van der Waals surface area contributed by atoms with Crippen LogP contribution >= 0.6 is 0 Å². The van der Waals surface area contributed by atoms with Crippen LogP contribution in [0.1, 0.15) is 11.6 Å². The molecule has 2 atom stereocenters. The van der Waals surface area contributed by atoms with Crippen molar-refractivity contribution in [3.8, 4) is 11.1 Å². The summed E-state index contributed by atoms with van der Waals surface area (Å²) in [6, 6.07) is 20.0. The molecule has 4 rings (SSSR count). The molecule has 4 aromatic rings. The maximum Gasteiger partial charge on any atom is 0.131 e. The fraction of sp³-hybridized carbons (Fsp3) is 0.167. The molecule has 0 spiro atoms. The third kappa shape index (κ3) is 3.67. The van der Waals surface area contributed by atoms with Crippen molar-refractivity contribution >= 4 is 10.9 Å². The van der Waals surface area contributed by atoms with Gasteiger partial charge < -0.3 is 15.0 Å². The molecular formula is C24H22F2N2O. The fourth-order valence-corrected chi connectivity index (χ4v) is 3.91. The zero-order valence-corrected chi connectivity index (χ0v) is 16.0. The predicted octanol–water partition coefficient (Wildman–Crippen LogP) is 4.76. The minimum atomic E-state index is -0.814. The second kappa shape index (κ2) is 8.15. The summed E-state index contributed by atoms with van der Waals surface area (Å²) in [5.41, 5.74) is 2.71. The highest BCUT2D eigenvalue weighted by molar-refractivity contribution is 5.96. The van der Waals surface area contributed by atoms with Crippen molar-refractivity contribution in [1.29, 1.82) is 0 Å². The van der Waals surface area contributed by atoms with Crippen molar-refractivity contribution in [2.24, 2.45) is 0 Å². The van der Waals surface area contributed by atoms with Crippen LogP contribution in [-0.2, 0) is 0 Å².